The predicted molar refractivity (Wildman–Crippen MR) is 398 cm³/mol. The number of fused-ring (bicyclic) bond motifs is 1. The molecule has 3 atom stereocenters. The van der Waals surface area contributed by atoms with Gasteiger partial charge in [0.15, 0.2) is 0 Å². The number of likely N-dealkylation sites (tertiary alicyclic amines) is 1. The molecule has 1 fully saturated rings. The number of aliphatic hydroxyl groups excluding tert-OH is 8. The fourth-order valence-electron chi connectivity index (χ4n) is 10.8. The maximum atomic E-state index is 10.4. The van der Waals surface area contributed by atoms with Crippen molar-refractivity contribution in [2.45, 2.75) is 287 Å². The third-order valence-electron chi connectivity index (χ3n) is 17.2. The first-order valence-electron chi connectivity index (χ1n) is 36.2. The molecule has 2 aromatic rings. The molecule has 0 amide bonds. The van der Waals surface area contributed by atoms with Gasteiger partial charge in [-0.2, -0.15) is 0 Å². The molecule has 0 saturated carbocycles. The number of carboxylic acids is 1. The standard InChI is InChI=1S/C29H50O2.C15H24O.C12H24O2.C6H15NO3.C6H13NO.C4H11NO3.C3H7O.C2H7N.H2O/c1-20(2)12-9-13-21(3)14-10-15-22(4)16-11-18-29(8)19-17-26-25(7)27(30)23(5)24(6)28(26)31-29;1-10-8-11(14(2,3)4)13(16)12(9-10)15(5,6)7;1-2-3-4-5-6-7-8-9-10-11-12(13)14;8-4-1-7(2-5-9)3-6-10;8-6-5-7-3-1-2-4-7;5-4(1-6,2-7)3-8;1-2-3-4;1-3-2;/h20-22,30H,9-19H2,1-8H3;8-9,16H,1-7H3;2-11H2,1H3,(H,13,14);8-10H,1-6H2;8H,1-6H2;6-8H,1-3,5H2;4H,1-3H2;3H,1-2H3;1H2/t21-,22-,29-;;;;;;;;/m1......../s1. The van der Waals surface area contributed by atoms with Crippen LogP contribution in [-0.4, -0.2) is 195 Å². The number of nitrogens with one attached hydrogen (secondary N) is 1. The molecule has 0 aliphatic carbocycles. The van der Waals surface area contributed by atoms with Crippen LogP contribution in [0.3, 0.4) is 0 Å². The molecule has 1 saturated heterocycles. The fourth-order valence-corrected chi connectivity index (χ4v) is 10.8. The number of aliphatic carboxylic acids is 1. The van der Waals surface area contributed by atoms with Crippen LogP contribution in [0.15, 0.2) is 12.1 Å². The predicted octanol–water partition coefficient (Wildman–Crippen LogP) is 12.3. The third kappa shape index (κ3) is 50.7. The summed E-state index contributed by atoms with van der Waals surface area (Å²) in [6.07, 6.45) is 28.8. The minimum atomic E-state index is -1.21. The normalized spacial score (nSPS) is 14.9. The Hall–Kier alpha value is -3.21. The van der Waals surface area contributed by atoms with E-state index in [2.05, 4.69) is 126 Å². The van der Waals surface area contributed by atoms with E-state index in [1.165, 1.54) is 133 Å². The lowest BCUT2D eigenvalue weighted by Crippen LogP contribution is -2.50. The summed E-state index contributed by atoms with van der Waals surface area (Å²) in [7, 11) is 3.75. The number of rotatable bonds is 34. The van der Waals surface area contributed by atoms with E-state index >= 15 is 0 Å². The van der Waals surface area contributed by atoms with Gasteiger partial charge in [-0.15, -0.1) is 0 Å². The van der Waals surface area contributed by atoms with Gasteiger partial charge in [-0.05, 0) is 170 Å². The van der Waals surface area contributed by atoms with E-state index in [1.54, 1.807) is 4.90 Å². The van der Waals surface area contributed by atoms with E-state index in [1.807, 2.05) is 27.9 Å². The van der Waals surface area contributed by atoms with E-state index in [0.29, 0.717) is 50.6 Å². The maximum absolute atomic E-state index is 10.4. The lowest BCUT2D eigenvalue weighted by atomic mass is 9.78. The van der Waals surface area contributed by atoms with Gasteiger partial charge < -0.3 is 82.3 Å². The number of hydrogen-bond donors (Lipinski definition) is 13. The summed E-state index contributed by atoms with van der Waals surface area (Å²) in [5.74, 6) is 3.84. The molecule has 1 radical (unpaired) electrons. The van der Waals surface area contributed by atoms with E-state index in [9.17, 15) is 15.0 Å². The number of phenols is 2. The van der Waals surface area contributed by atoms with Gasteiger partial charge in [-0.25, -0.2) is 0 Å². The van der Waals surface area contributed by atoms with Crippen molar-refractivity contribution in [3.05, 3.63) is 58.0 Å². The third-order valence-corrected chi connectivity index (χ3v) is 17.2. The van der Waals surface area contributed by atoms with Crippen LogP contribution < -0.4 is 15.8 Å². The molecule has 18 nitrogen and oxygen atoms in total. The van der Waals surface area contributed by atoms with Crippen LogP contribution in [-0.2, 0) is 22.0 Å². The van der Waals surface area contributed by atoms with Gasteiger partial charge >= 0.3 is 5.97 Å². The van der Waals surface area contributed by atoms with Gasteiger partial charge in [-0.3, -0.25) is 9.69 Å². The second kappa shape index (κ2) is 59.6. The molecule has 95 heavy (non-hydrogen) atoms. The average Bonchev–Trinajstić information content (AvgIpc) is 0.918. The number of aromatic hydroxyl groups is 2. The minimum Gasteiger partial charge on any atom is -0.507 e. The van der Waals surface area contributed by atoms with Crippen LogP contribution in [0.4, 0.5) is 0 Å². The number of ether oxygens (including phenoxy) is 1. The van der Waals surface area contributed by atoms with Crippen molar-refractivity contribution in [3.8, 4) is 17.2 Å². The Morgan fingerprint density at radius 2 is 1.05 bits per heavy atom. The van der Waals surface area contributed by atoms with Gasteiger partial charge in [0.05, 0.1) is 51.8 Å². The van der Waals surface area contributed by atoms with E-state index < -0.39 is 31.3 Å². The number of nitrogens with two attached hydrogens (primary N) is 1. The SMILES string of the molecule is CCCCCCCCCCCC(=O)O.CNC.Cc1c(C)c2c(c(C)c1O)CC[C@@](C)(CCC[C@H](C)CCC[C@H](C)CCCC(C)C)O2.Cc1cc(C(C)(C)C)c(O)c(C(C)(C)C)c1.NC(CO)(CO)CO.O.OCCN(CCO)CCO.OCCN1CCCC1.[CH2]CCO. The highest BCUT2D eigenvalue weighted by atomic mass is 16.5. The monoisotopic (exact) mass is 1360 g/mol. The van der Waals surface area contributed by atoms with Crippen molar-refractivity contribution in [1.82, 2.24) is 15.1 Å². The number of carbonyl (C=O) groups is 1. The highest BCUT2D eigenvalue weighted by molar-refractivity contribution is 5.66. The molecule has 18 heteroatoms. The summed E-state index contributed by atoms with van der Waals surface area (Å²) < 4.78 is 6.60. The number of aliphatic hydroxyl groups is 8. The number of unbranched alkanes of at least 4 members (excludes halogenated alkanes) is 8. The first-order valence-corrected chi connectivity index (χ1v) is 36.2. The fraction of sp³-hybridized carbons (Fsp3) is 0.818. The summed E-state index contributed by atoms with van der Waals surface area (Å²) >= 11 is 0. The molecule has 0 unspecified atom stereocenters. The Morgan fingerprint density at radius 1 is 0.642 bits per heavy atom. The average molecular weight is 1360 g/mol. The number of β-amino-alcohol motifs (C(OH)–C–C–N with tert-alkyl or cyclic N) is 1. The molecule has 2 aromatic carbocycles. The van der Waals surface area contributed by atoms with E-state index in [-0.39, 0.29) is 48.3 Å². The van der Waals surface area contributed by atoms with Crippen molar-refractivity contribution >= 4 is 5.97 Å². The quantitative estimate of drug-likeness (QED) is 0.0290. The summed E-state index contributed by atoms with van der Waals surface area (Å²) in [4.78, 5) is 14.3. The van der Waals surface area contributed by atoms with Crippen LogP contribution in [0.5, 0.6) is 17.2 Å². The van der Waals surface area contributed by atoms with Gasteiger partial charge in [0, 0.05) is 44.8 Å². The molecular formula is C77H153N4O14. The molecular weight excluding hydrogens is 1200 g/mol. The lowest BCUT2D eigenvalue weighted by molar-refractivity contribution is -0.137. The summed E-state index contributed by atoms with van der Waals surface area (Å²) in [5.41, 5.74) is 11.4. The number of benzene rings is 2. The number of hydrogen-bond acceptors (Lipinski definition) is 16. The van der Waals surface area contributed by atoms with Gasteiger partial charge in [0.2, 0.25) is 0 Å². The largest absolute Gasteiger partial charge is 0.507 e. The smallest absolute Gasteiger partial charge is 0.303 e. The molecule has 16 N–H and O–H groups in total. The van der Waals surface area contributed by atoms with Gasteiger partial charge in [-0.1, -0.05) is 197 Å². The first kappa shape index (κ1) is 100. The number of aryl methyl sites for hydroxylation is 1. The number of carboxylic acid groups (broad SMARTS) is 1. The van der Waals surface area contributed by atoms with Crippen LogP contribution in [0.1, 0.15) is 270 Å². The molecule has 2 aliphatic heterocycles. The Labute approximate surface area is 581 Å². The Morgan fingerprint density at radius 3 is 1.41 bits per heavy atom. The highest BCUT2D eigenvalue weighted by Crippen LogP contribution is 2.45. The Kier molecular flexibility index (Phi) is 63.1. The molecule has 0 aromatic heterocycles. The van der Waals surface area contributed by atoms with Crippen molar-refractivity contribution in [2.24, 2.45) is 23.5 Å². The summed E-state index contributed by atoms with van der Waals surface area (Å²) in [5, 5.41) is 98.7. The zero-order valence-electron chi connectivity index (χ0n) is 64.2. The lowest BCUT2D eigenvalue weighted by Gasteiger charge is -2.38. The van der Waals surface area contributed by atoms with Crippen molar-refractivity contribution in [3.63, 3.8) is 0 Å². The molecule has 2 heterocycles. The molecule has 2 aliphatic rings. The van der Waals surface area contributed by atoms with Crippen LogP contribution in [0.25, 0.3) is 0 Å². The molecule has 4 rings (SSSR count). The number of phenolic OH excluding ortho intramolecular Hbond substituents is 2. The van der Waals surface area contributed by atoms with Crippen molar-refractivity contribution in [1.29, 1.82) is 0 Å². The Balaban J connectivity index is -0.000000359. The second-order valence-electron chi connectivity index (χ2n) is 29.3. The molecule has 0 bridgehead atoms. The topological polar surface area (TPSA) is 325 Å². The van der Waals surface area contributed by atoms with Crippen molar-refractivity contribution < 1.29 is 71.2 Å². The van der Waals surface area contributed by atoms with Crippen LogP contribution in [0.2, 0.25) is 0 Å². The summed E-state index contributed by atoms with van der Waals surface area (Å²) in [6, 6.07) is 4.18. The van der Waals surface area contributed by atoms with E-state index in [0.717, 1.165) is 90.0 Å². The highest BCUT2D eigenvalue weighted by Gasteiger charge is 2.34. The van der Waals surface area contributed by atoms with Gasteiger partial charge in [0.25, 0.3) is 0 Å². The Bertz CT molecular complexity index is 2050. The summed E-state index contributed by atoms with van der Waals surface area (Å²) in [6.45, 7) is 42.7. The van der Waals surface area contributed by atoms with Crippen LogP contribution >= 0.6 is 0 Å². The van der Waals surface area contributed by atoms with Gasteiger partial charge in [0.1, 0.15) is 22.8 Å². The van der Waals surface area contributed by atoms with E-state index in [4.69, 9.17) is 56.4 Å². The second-order valence-corrected chi connectivity index (χ2v) is 29.3. The zero-order chi connectivity index (χ0) is 72.9. The zero-order valence-corrected chi connectivity index (χ0v) is 64.2. The van der Waals surface area contributed by atoms with Crippen molar-refractivity contribution in [2.75, 3.05) is 106 Å². The number of nitrogens with zero attached hydrogens (tertiary/aromatic N) is 2. The molecule has 0 spiro atoms. The van der Waals surface area contributed by atoms with Crippen LogP contribution in [0, 0.1) is 52.4 Å². The maximum Gasteiger partial charge on any atom is 0.303 e. The molecule has 565 valence electrons. The first-order chi connectivity index (χ1) is 44.1. The minimum absolute atomic E-state index is 0.